The van der Waals surface area contributed by atoms with Crippen LogP contribution in [0.1, 0.15) is 32.0 Å². The van der Waals surface area contributed by atoms with E-state index in [1.54, 1.807) is 23.5 Å². The van der Waals surface area contributed by atoms with Crippen LogP contribution in [0.2, 0.25) is 0 Å². The van der Waals surface area contributed by atoms with Crippen LogP contribution in [0.5, 0.6) is 0 Å². The first kappa shape index (κ1) is 16.1. The lowest BCUT2D eigenvalue weighted by Crippen LogP contribution is -2.36. The van der Waals surface area contributed by atoms with Crippen molar-refractivity contribution in [1.82, 2.24) is 10.3 Å². The fourth-order valence-electron chi connectivity index (χ4n) is 2.18. The second-order valence-electron chi connectivity index (χ2n) is 5.12. The summed E-state index contributed by atoms with van der Waals surface area (Å²) in [5, 5.41) is 5.77. The molecule has 0 saturated carbocycles. The number of thiophene rings is 1. The summed E-state index contributed by atoms with van der Waals surface area (Å²) in [6, 6.07) is 3.36. The standard InChI is InChI=1S/C15H17N3O3S2/c1-10(19)12-2-3-13(23-12)14(20)16-8-11-9-22-15(17-11)18-4-6-21-7-5-18/h2-3,9H,4-8H2,1H3,(H,16,20). The molecule has 3 heterocycles. The van der Waals surface area contributed by atoms with Crippen molar-refractivity contribution in [3.8, 4) is 0 Å². The number of carbonyl (C=O) groups is 2. The molecule has 0 radical (unpaired) electrons. The van der Waals surface area contributed by atoms with Crippen LogP contribution >= 0.6 is 22.7 Å². The van der Waals surface area contributed by atoms with Crippen LogP contribution in [0.15, 0.2) is 17.5 Å². The van der Waals surface area contributed by atoms with Crippen molar-refractivity contribution in [2.75, 3.05) is 31.2 Å². The first-order valence-corrected chi connectivity index (χ1v) is 8.99. The number of nitrogens with zero attached hydrogens (tertiary/aromatic N) is 2. The van der Waals surface area contributed by atoms with Gasteiger partial charge in [-0.15, -0.1) is 22.7 Å². The molecule has 0 aromatic carbocycles. The summed E-state index contributed by atoms with van der Waals surface area (Å²) in [6.45, 7) is 5.03. The van der Waals surface area contributed by atoms with E-state index in [9.17, 15) is 9.59 Å². The van der Waals surface area contributed by atoms with Crippen molar-refractivity contribution in [3.63, 3.8) is 0 Å². The average molecular weight is 351 g/mol. The highest BCUT2D eigenvalue weighted by Gasteiger charge is 2.15. The van der Waals surface area contributed by atoms with Gasteiger partial charge in [0.25, 0.3) is 5.91 Å². The van der Waals surface area contributed by atoms with Gasteiger partial charge in [-0.25, -0.2) is 4.98 Å². The number of rotatable bonds is 5. The first-order chi connectivity index (χ1) is 11.1. The molecule has 1 fully saturated rings. The summed E-state index contributed by atoms with van der Waals surface area (Å²) in [7, 11) is 0. The Labute approximate surface area is 142 Å². The Balaban J connectivity index is 1.56. The van der Waals surface area contributed by atoms with Crippen LogP contribution in [0.4, 0.5) is 5.13 Å². The van der Waals surface area contributed by atoms with Crippen molar-refractivity contribution in [2.24, 2.45) is 0 Å². The number of hydrogen-bond acceptors (Lipinski definition) is 7. The largest absolute Gasteiger partial charge is 0.378 e. The molecule has 23 heavy (non-hydrogen) atoms. The van der Waals surface area contributed by atoms with E-state index in [1.165, 1.54) is 18.3 Å². The number of aromatic nitrogens is 1. The molecule has 1 aliphatic rings. The first-order valence-electron chi connectivity index (χ1n) is 7.29. The molecule has 1 aliphatic heterocycles. The van der Waals surface area contributed by atoms with Crippen molar-refractivity contribution in [1.29, 1.82) is 0 Å². The van der Waals surface area contributed by atoms with Crippen LogP contribution in [0.3, 0.4) is 0 Å². The molecule has 3 rings (SSSR count). The quantitative estimate of drug-likeness (QED) is 0.836. The maximum atomic E-state index is 12.1. The highest BCUT2D eigenvalue weighted by atomic mass is 32.1. The average Bonchev–Trinajstić information content (AvgIpc) is 3.23. The van der Waals surface area contributed by atoms with E-state index < -0.39 is 0 Å². The summed E-state index contributed by atoms with van der Waals surface area (Å²) >= 11 is 2.79. The molecule has 1 amide bonds. The minimum atomic E-state index is -0.177. The van der Waals surface area contributed by atoms with Crippen molar-refractivity contribution in [2.45, 2.75) is 13.5 Å². The van der Waals surface area contributed by atoms with Crippen molar-refractivity contribution in [3.05, 3.63) is 33.0 Å². The third-order valence-electron chi connectivity index (χ3n) is 3.43. The van der Waals surface area contributed by atoms with E-state index in [4.69, 9.17) is 4.74 Å². The summed E-state index contributed by atoms with van der Waals surface area (Å²) in [5.41, 5.74) is 0.841. The fourth-order valence-corrected chi connectivity index (χ4v) is 3.88. The van der Waals surface area contributed by atoms with Gasteiger partial charge in [0.15, 0.2) is 10.9 Å². The van der Waals surface area contributed by atoms with Gasteiger partial charge >= 0.3 is 0 Å². The zero-order valence-corrected chi connectivity index (χ0v) is 14.3. The smallest absolute Gasteiger partial charge is 0.261 e. The number of Topliss-reactive ketones (excluding diaryl/α,β-unsaturated/α-hetero) is 1. The van der Waals surface area contributed by atoms with Crippen molar-refractivity contribution < 1.29 is 14.3 Å². The van der Waals surface area contributed by atoms with E-state index in [0.717, 1.165) is 37.1 Å². The zero-order valence-electron chi connectivity index (χ0n) is 12.7. The van der Waals surface area contributed by atoms with Crippen LogP contribution in [-0.4, -0.2) is 43.0 Å². The number of hydrogen-bond donors (Lipinski definition) is 1. The molecule has 1 N–H and O–H groups in total. The molecule has 2 aromatic heterocycles. The van der Waals surface area contributed by atoms with Crippen LogP contribution in [0, 0.1) is 0 Å². The Morgan fingerprint density at radius 1 is 1.30 bits per heavy atom. The van der Waals surface area contributed by atoms with E-state index in [2.05, 4.69) is 15.2 Å². The van der Waals surface area contributed by atoms with Crippen LogP contribution < -0.4 is 10.2 Å². The maximum Gasteiger partial charge on any atom is 0.261 e. The van der Waals surface area contributed by atoms with E-state index in [-0.39, 0.29) is 11.7 Å². The van der Waals surface area contributed by atoms with Gasteiger partial charge in [-0.1, -0.05) is 0 Å². The second-order valence-corrected chi connectivity index (χ2v) is 7.04. The monoisotopic (exact) mass is 351 g/mol. The number of thiazole rings is 1. The molecular formula is C15H17N3O3S2. The highest BCUT2D eigenvalue weighted by molar-refractivity contribution is 7.16. The zero-order chi connectivity index (χ0) is 16.2. The number of anilines is 1. The molecule has 0 spiro atoms. The molecule has 0 bridgehead atoms. The number of nitrogens with one attached hydrogen (secondary N) is 1. The molecule has 6 nitrogen and oxygen atoms in total. The highest BCUT2D eigenvalue weighted by Crippen LogP contribution is 2.22. The maximum absolute atomic E-state index is 12.1. The number of ketones is 1. The van der Waals surface area contributed by atoms with Crippen LogP contribution in [0.25, 0.3) is 0 Å². The number of morpholine rings is 1. The summed E-state index contributed by atoms with van der Waals surface area (Å²) in [5.74, 6) is -0.202. The van der Waals surface area contributed by atoms with E-state index in [0.29, 0.717) is 16.3 Å². The molecule has 0 aliphatic carbocycles. The Morgan fingerprint density at radius 3 is 2.74 bits per heavy atom. The number of amides is 1. The fraction of sp³-hybridized carbons (Fsp3) is 0.400. The predicted molar refractivity (Wildman–Crippen MR) is 90.6 cm³/mol. The normalized spacial score (nSPS) is 14.7. The van der Waals surface area contributed by atoms with Crippen molar-refractivity contribution >= 4 is 39.5 Å². The van der Waals surface area contributed by atoms with Gasteiger partial charge in [0.2, 0.25) is 0 Å². The van der Waals surface area contributed by atoms with Gasteiger partial charge in [-0.3, -0.25) is 9.59 Å². The second kappa shape index (κ2) is 7.20. The lowest BCUT2D eigenvalue weighted by molar-refractivity contribution is 0.0954. The van der Waals surface area contributed by atoms with Crippen LogP contribution in [-0.2, 0) is 11.3 Å². The van der Waals surface area contributed by atoms with E-state index in [1.807, 2.05) is 5.38 Å². The third-order valence-corrected chi connectivity index (χ3v) is 5.56. The predicted octanol–water partition coefficient (Wildman–Crippen LogP) is 2.17. The molecule has 8 heteroatoms. The van der Waals surface area contributed by atoms with Gasteiger partial charge < -0.3 is 15.0 Å². The minimum absolute atomic E-state index is 0.0243. The Morgan fingerprint density at radius 2 is 2.04 bits per heavy atom. The Hall–Kier alpha value is -1.77. The minimum Gasteiger partial charge on any atom is -0.378 e. The lowest BCUT2D eigenvalue weighted by atomic mass is 10.3. The molecule has 0 atom stereocenters. The third kappa shape index (κ3) is 3.95. The topological polar surface area (TPSA) is 71.5 Å². The number of carbonyl (C=O) groups excluding carboxylic acids is 2. The lowest BCUT2D eigenvalue weighted by Gasteiger charge is -2.26. The Kier molecular flexibility index (Phi) is 5.04. The van der Waals surface area contributed by atoms with Gasteiger partial charge in [0.05, 0.1) is 35.2 Å². The summed E-state index contributed by atoms with van der Waals surface area (Å²) < 4.78 is 5.33. The molecule has 122 valence electrons. The molecule has 2 aromatic rings. The summed E-state index contributed by atoms with van der Waals surface area (Å²) in [6.07, 6.45) is 0. The summed E-state index contributed by atoms with van der Waals surface area (Å²) in [4.78, 5) is 31.3. The van der Waals surface area contributed by atoms with Gasteiger partial charge in [0.1, 0.15) is 0 Å². The molecular weight excluding hydrogens is 334 g/mol. The SMILES string of the molecule is CC(=O)c1ccc(C(=O)NCc2csc(N3CCOCC3)n2)s1. The van der Waals surface area contributed by atoms with Gasteiger partial charge in [-0.2, -0.15) is 0 Å². The number of ether oxygens (including phenoxy) is 1. The molecule has 0 unspecified atom stereocenters. The Bertz CT molecular complexity index is 704. The molecule has 1 saturated heterocycles. The van der Waals surface area contributed by atoms with Gasteiger partial charge in [0, 0.05) is 18.5 Å². The van der Waals surface area contributed by atoms with E-state index >= 15 is 0 Å². The van der Waals surface area contributed by atoms with Gasteiger partial charge in [-0.05, 0) is 19.1 Å².